The van der Waals surface area contributed by atoms with E-state index in [4.69, 9.17) is 16.3 Å². The molecule has 1 aliphatic heterocycles. The third-order valence-electron chi connectivity index (χ3n) is 4.95. The first-order chi connectivity index (χ1) is 11.7. The summed E-state index contributed by atoms with van der Waals surface area (Å²) in [5.41, 5.74) is 2.59. The van der Waals surface area contributed by atoms with Crippen LogP contribution >= 0.6 is 24.0 Å². The second-order valence-electron chi connectivity index (χ2n) is 6.65. The van der Waals surface area contributed by atoms with Crippen LogP contribution in [0.3, 0.4) is 0 Å². The van der Waals surface area contributed by atoms with Crippen molar-refractivity contribution in [2.45, 2.75) is 38.1 Å². The molecule has 0 aromatic heterocycles. The molecule has 25 heavy (non-hydrogen) atoms. The highest BCUT2D eigenvalue weighted by Crippen LogP contribution is 2.22. The lowest BCUT2D eigenvalue weighted by molar-refractivity contribution is 0.232. The lowest BCUT2D eigenvalue weighted by Crippen LogP contribution is -2.26. The Morgan fingerprint density at radius 3 is 2.56 bits per heavy atom. The van der Waals surface area contributed by atoms with Gasteiger partial charge < -0.3 is 9.64 Å². The number of ether oxygens (including phenoxy) is 1. The number of benzene rings is 2. The second kappa shape index (κ2) is 10.1. The molecule has 1 atom stereocenters. The molecule has 4 heteroatoms. The average molecular weight is 380 g/mol. The Morgan fingerprint density at radius 2 is 1.84 bits per heavy atom. The van der Waals surface area contributed by atoms with Crippen LogP contribution < -0.4 is 4.74 Å². The number of likely N-dealkylation sites (tertiary alicyclic amines) is 1. The summed E-state index contributed by atoms with van der Waals surface area (Å²) < 4.78 is 6.11. The predicted molar refractivity (Wildman–Crippen MR) is 108 cm³/mol. The Bertz CT molecular complexity index is 645. The Labute approximate surface area is 162 Å². The third kappa shape index (κ3) is 5.91. The number of rotatable bonds is 7. The number of hydrogen-bond donors (Lipinski definition) is 0. The minimum Gasteiger partial charge on any atom is -0.493 e. The van der Waals surface area contributed by atoms with E-state index in [9.17, 15) is 0 Å². The van der Waals surface area contributed by atoms with Gasteiger partial charge in [0.2, 0.25) is 0 Å². The zero-order valence-electron chi connectivity index (χ0n) is 14.8. The van der Waals surface area contributed by atoms with Gasteiger partial charge in [0.1, 0.15) is 5.75 Å². The molecule has 0 N–H and O–H groups in total. The number of aryl methyl sites for hydroxylation is 2. The molecular formula is C21H27Cl2NO. The van der Waals surface area contributed by atoms with E-state index in [2.05, 4.69) is 48.3 Å². The van der Waals surface area contributed by atoms with Crippen LogP contribution in [-0.4, -0.2) is 31.1 Å². The summed E-state index contributed by atoms with van der Waals surface area (Å²) >= 11 is 5.95. The van der Waals surface area contributed by atoms with Gasteiger partial charge in [-0.3, -0.25) is 0 Å². The topological polar surface area (TPSA) is 12.5 Å². The van der Waals surface area contributed by atoms with Gasteiger partial charge in [0, 0.05) is 11.1 Å². The zero-order chi connectivity index (χ0) is 16.8. The lowest BCUT2D eigenvalue weighted by Gasteiger charge is -2.20. The van der Waals surface area contributed by atoms with E-state index in [1.807, 2.05) is 12.1 Å². The molecule has 136 valence electrons. The molecule has 1 heterocycles. The van der Waals surface area contributed by atoms with Crippen molar-refractivity contribution in [1.82, 2.24) is 4.90 Å². The van der Waals surface area contributed by atoms with Crippen molar-refractivity contribution in [3.05, 3.63) is 64.7 Å². The highest BCUT2D eigenvalue weighted by atomic mass is 35.5. The van der Waals surface area contributed by atoms with E-state index in [1.54, 1.807) is 0 Å². The van der Waals surface area contributed by atoms with Gasteiger partial charge in [-0.25, -0.2) is 0 Å². The standard InChI is InChI=1S/C21H26ClNO.ClH/c1-23-15-4-6-20(23)14-16-24-21-7-3-2-5-18(21)11-8-17-9-12-19(22)13-10-17;/h2-3,5,7,9-10,12-13,20H,4,6,8,11,14-16H2,1H3;1H. The zero-order valence-corrected chi connectivity index (χ0v) is 16.4. The molecule has 1 saturated heterocycles. The molecule has 2 aromatic carbocycles. The fourth-order valence-corrected chi connectivity index (χ4v) is 3.56. The van der Waals surface area contributed by atoms with Crippen LogP contribution in [0, 0.1) is 0 Å². The fourth-order valence-electron chi connectivity index (χ4n) is 3.43. The Morgan fingerprint density at radius 1 is 1.08 bits per heavy atom. The highest BCUT2D eigenvalue weighted by Gasteiger charge is 2.20. The molecule has 0 aliphatic carbocycles. The molecule has 0 saturated carbocycles. The van der Waals surface area contributed by atoms with Crippen molar-refractivity contribution >= 4 is 24.0 Å². The summed E-state index contributed by atoms with van der Waals surface area (Å²) in [6.45, 7) is 2.02. The number of hydrogen-bond acceptors (Lipinski definition) is 2. The first-order valence-electron chi connectivity index (χ1n) is 8.88. The van der Waals surface area contributed by atoms with E-state index in [0.717, 1.165) is 36.6 Å². The van der Waals surface area contributed by atoms with Crippen molar-refractivity contribution in [3.8, 4) is 5.75 Å². The summed E-state index contributed by atoms with van der Waals surface area (Å²) in [5.74, 6) is 1.03. The molecule has 0 radical (unpaired) electrons. The van der Waals surface area contributed by atoms with Crippen LogP contribution in [0.2, 0.25) is 5.02 Å². The van der Waals surface area contributed by atoms with Crippen molar-refractivity contribution in [2.24, 2.45) is 0 Å². The maximum absolute atomic E-state index is 6.11. The van der Waals surface area contributed by atoms with Crippen LogP contribution in [0.25, 0.3) is 0 Å². The Hall–Kier alpha value is -1.22. The van der Waals surface area contributed by atoms with Crippen molar-refractivity contribution in [1.29, 1.82) is 0 Å². The quantitative estimate of drug-likeness (QED) is 0.637. The second-order valence-corrected chi connectivity index (χ2v) is 7.08. The molecule has 2 nitrogen and oxygen atoms in total. The maximum atomic E-state index is 6.11. The summed E-state index contributed by atoms with van der Waals surface area (Å²) in [4.78, 5) is 2.45. The van der Waals surface area contributed by atoms with Gasteiger partial charge >= 0.3 is 0 Å². The number of nitrogens with zero attached hydrogens (tertiary/aromatic N) is 1. The summed E-state index contributed by atoms with van der Waals surface area (Å²) in [6, 6.07) is 17.2. The SMILES string of the molecule is CN1CCCC1CCOc1ccccc1CCc1ccc(Cl)cc1.Cl. The molecule has 0 bridgehead atoms. The molecule has 0 spiro atoms. The monoisotopic (exact) mass is 379 g/mol. The first kappa shape index (κ1) is 20.1. The van der Waals surface area contributed by atoms with Gasteiger partial charge in [0.15, 0.2) is 0 Å². The van der Waals surface area contributed by atoms with Crippen LogP contribution in [0.4, 0.5) is 0 Å². The van der Waals surface area contributed by atoms with E-state index >= 15 is 0 Å². The van der Waals surface area contributed by atoms with E-state index < -0.39 is 0 Å². The van der Waals surface area contributed by atoms with E-state index in [1.165, 1.54) is 30.5 Å². The smallest absolute Gasteiger partial charge is 0.122 e. The summed E-state index contributed by atoms with van der Waals surface area (Å²) in [6.07, 6.45) is 5.73. The fraction of sp³-hybridized carbons (Fsp3) is 0.429. The third-order valence-corrected chi connectivity index (χ3v) is 5.20. The number of para-hydroxylation sites is 1. The molecule has 0 amide bonds. The minimum absolute atomic E-state index is 0. The lowest BCUT2D eigenvalue weighted by atomic mass is 10.0. The van der Waals surface area contributed by atoms with Gasteiger partial charge in [0.05, 0.1) is 6.61 Å². The highest BCUT2D eigenvalue weighted by molar-refractivity contribution is 6.30. The maximum Gasteiger partial charge on any atom is 0.122 e. The van der Waals surface area contributed by atoms with Crippen LogP contribution in [-0.2, 0) is 12.8 Å². The molecule has 1 unspecified atom stereocenters. The van der Waals surface area contributed by atoms with Crippen molar-refractivity contribution in [3.63, 3.8) is 0 Å². The first-order valence-corrected chi connectivity index (χ1v) is 9.25. The molecule has 2 aromatic rings. The number of halogens is 2. The van der Waals surface area contributed by atoms with Gasteiger partial charge in [-0.15, -0.1) is 12.4 Å². The molecular weight excluding hydrogens is 353 g/mol. The Balaban J connectivity index is 0.00000225. The Kier molecular flexibility index (Phi) is 8.08. The summed E-state index contributed by atoms with van der Waals surface area (Å²) in [7, 11) is 2.22. The summed E-state index contributed by atoms with van der Waals surface area (Å²) in [5, 5.41) is 0.791. The van der Waals surface area contributed by atoms with Gasteiger partial charge in [-0.2, -0.15) is 0 Å². The van der Waals surface area contributed by atoms with E-state index in [0.29, 0.717) is 6.04 Å². The van der Waals surface area contributed by atoms with Crippen LogP contribution in [0.1, 0.15) is 30.4 Å². The normalized spacial score (nSPS) is 17.3. The van der Waals surface area contributed by atoms with Crippen molar-refractivity contribution in [2.75, 3.05) is 20.2 Å². The van der Waals surface area contributed by atoms with Crippen molar-refractivity contribution < 1.29 is 4.74 Å². The van der Waals surface area contributed by atoms with Gasteiger partial charge in [-0.05, 0) is 75.0 Å². The van der Waals surface area contributed by atoms with Gasteiger partial charge in [-0.1, -0.05) is 41.9 Å². The predicted octanol–water partition coefficient (Wildman–Crippen LogP) is 5.41. The molecule has 1 aliphatic rings. The molecule has 1 fully saturated rings. The largest absolute Gasteiger partial charge is 0.493 e. The van der Waals surface area contributed by atoms with E-state index in [-0.39, 0.29) is 12.4 Å². The van der Waals surface area contributed by atoms with Crippen LogP contribution in [0.5, 0.6) is 5.75 Å². The van der Waals surface area contributed by atoms with Gasteiger partial charge in [0.25, 0.3) is 0 Å². The minimum atomic E-state index is 0. The molecule has 3 rings (SSSR count). The van der Waals surface area contributed by atoms with Crippen LogP contribution in [0.15, 0.2) is 48.5 Å². The average Bonchev–Trinajstić information content (AvgIpc) is 3.00.